The molecule has 1 aromatic rings. The van der Waals surface area contributed by atoms with Gasteiger partial charge in [-0.15, -0.1) is 0 Å². The Kier molecular flexibility index (Phi) is 5.35. The highest BCUT2D eigenvalue weighted by Crippen LogP contribution is 2.25. The van der Waals surface area contributed by atoms with Gasteiger partial charge in [0.05, 0.1) is 5.60 Å². The Bertz CT molecular complexity index is 549. The minimum absolute atomic E-state index is 0.116. The van der Waals surface area contributed by atoms with Gasteiger partial charge >= 0.3 is 0 Å². The zero-order valence-corrected chi connectivity index (χ0v) is 12.7. The molecule has 1 aromatic carbocycles. The van der Waals surface area contributed by atoms with Gasteiger partial charge in [-0.05, 0) is 44.0 Å². The molecule has 1 aliphatic heterocycles. The van der Waals surface area contributed by atoms with Crippen LogP contribution in [0.2, 0.25) is 0 Å². The van der Waals surface area contributed by atoms with Crippen molar-refractivity contribution in [1.82, 2.24) is 4.90 Å². The predicted molar refractivity (Wildman–Crippen MR) is 80.3 cm³/mol. The first-order valence-electron chi connectivity index (χ1n) is 7.22. The van der Waals surface area contributed by atoms with E-state index < -0.39 is 0 Å². The van der Waals surface area contributed by atoms with E-state index in [0.29, 0.717) is 12.1 Å². The first-order chi connectivity index (χ1) is 10.1. The molecule has 114 valence electrons. The molecule has 1 N–H and O–H groups in total. The van der Waals surface area contributed by atoms with Crippen molar-refractivity contribution >= 4 is 0 Å². The summed E-state index contributed by atoms with van der Waals surface area (Å²) in [5, 5.41) is 8.82. The second-order valence-electron chi connectivity index (χ2n) is 5.73. The number of rotatable bonds is 3. The van der Waals surface area contributed by atoms with E-state index in [1.54, 1.807) is 13.2 Å². The Morgan fingerprint density at radius 3 is 3.00 bits per heavy atom. The Labute approximate surface area is 125 Å². The van der Waals surface area contributed by atoms with Crippen LogP contribution in [-0.4, -0.2) is 42.4 Å². The number of nitrogens with zero attached hydrogens (tertiary/aromatic N) is 1. The van der Waals surface area contributed by atoms with Gasteiger partial charge in [-0.3, -0.25) is 4.90 Å². The molecular weight excluding hydrogens is 269 g/mol. The van der Waals surface area contributed by atoms with E-state index in [-0.39, 0.29) is 18.0 Å². The van der Waals surface area contributed by atoms with Crippen LogP contribution < -0.4 is 0 Å². The first kappa shape index (κ1) is 16.0. The standard InChI is InChI=1S/C17H22FNO2/c1-17(21-2)8-4-9-19(13-17)12-15-6-7-16(18)11-14(15)5-3-10-20/h6-7,11,20H,4,8-10,12-13H2,1-2H3. The number of ether oxygens (including phenoxy) is 1. The maximum atomic E-state index is 13.4. The molecule has 0 radical (unpaired) electrons. The first-order valence-corrected chi connectivity index (χ1v) is 7.22. The van der Waals surface area contributed by atoms with Crippen molar-refractivity contribution in [3.8, 4) is 11.8 Å². The maximum absolute atomic E-state index is 13.4. The predicted octanol–water partition coefficient (Wildman–Crippen LogP) is 2.17. The van der Waals surface area contributed by atoms with Crippen LogP contribution >= 0.6 is 0 Å². The Morgan fingerprint density at radius 2 is 2.29 bits per heavy atom. The van der Waals surface area contributed by atoms with Gasteiger partial charge in [0.25, 0.3) is 0 Å². The van der Waals surface area contributed by atoms with Crippen LogP contribution in [-0.2, 0) is 11.3 Å². The van der Waals surface area contributed by atoms with Gasteiger partial charge in [0.1, 0.15) is 12.4 Å². The number of piperidine rings is 1. The van der Waals surface area contributed by atoms with Gasteiger partial charge in [-0.1, -0.05) is 17.9 Å². The molecule has 0 spiro atoms. The van der Waals surface area contributed by atoms with E-state index in [2.05, 4.69) is 23.7 Å². The minimum atomic E-state index is -0.304. The fourth-order valence-electron chi connectivity index (χ4n) is 2.79. The summed E-state index contributed by atoms with van der Waals surface area (Å²) >= 11 is 0. The topological polar surface area (TPSA) is 32.7 Å². The summed E-state index contributed by atoms with van der Waals surface area (Å²) in [5.74, 6) is 5.12. The molecule has 21 heavy (non-hydrogen) atoms. The van der Waals surface area contributed by atoms with Crippen molar-refractivity contribution in [2.45, 2.75) is 31.9 Å². The zero-order valence-electron chi connectivity index (χ0n) is 12.7. The molecule has 1 atom stereocenters. The van der Waals surface area contributed by atoms with Crippen LogP contribution in [0.1, 0.15) is 30.9 Å². The van der Waals surface area contributed by atoms with E-state index in [1.807, 2.05) is 0 Å². The normalized spacial score (nSPS) is 22.7. The lowest BCUT2D eigenvalue weighted by Crippen LogP contribution is -2.46. The van der Waals surface area contributed by atoms with Gasteiger partial charge in [0.15, 0.2) is 0 Å². The van der Waals surface area contributed by atoms with Crippen LogP contribution in [0.3, 0.4) is 0 Å². The molecule has 1 unspecified atom stereocenters. The number of methoxy groups -OCH3 is 1. The average molecular weight is 291 g/mol. The molecule has 0 amide bonds. The van der Waals surface area contributed by atoms with Crippen molar-refractivity contribution in [2.24, 2.45) is 0 Å². The van der Waals surface area contributed by atoms with E-state index in [4.69, 9.17) is 9.84 Å². The van der Waals surface area contributed by atoms with Crippen molar-refractivity contribution in [3.05, 3.63) is 35.1 Å². The van der Waals surface area contributed by atoms with Crippen LogP contribution in [0, 0.1) is 17.7 Å². The van der Waals surface area contributed by atoms with Crippen LogP contribution in [0.15, 0.2) is 18.2 Å². The summed E-state index contributed by atoms with van der Waals surface area (Å²) in [6.45, 7) is 4.48. The molecule has 1 saturated heterocycles. The lowest BCUT2D eigenvalue weighted by molar-refractivity contribution is -0.0527. The number of aliphatic hydroxyl groups is 1. The highest BCUT2D eigenvalue weighted by molar-refractivity contribution is 5.41. The lowest BCUT2D eigenvalue weighted by atomic mass is 9.94. The summed E-state index contributed by atoms with van der Waals surface area (Å²) in [7, 11) is 1.75. The summed E-state index contributed by atoms with van der Waals surface area (Å²) in [4.78, 5) is 2.31. The molecule has 1 fully saturated rings. The van der Waals surface area contributed by atoms with Gasteiger partial charge in [0, 0.05) is 25.8 Å². The lowest BCUT2D eigenvalue weighted by Gasteiger charge is -2.39. The number of benzene rings is 1. The van der Waals surface area contributed by atoms with Crippen molar-refractivity contribution in [1.29, 1.82) is 0 Å². The summed E-state index contributed by atoms with van der Waals surface area (Å²) < 4.78 is 19.0. The Hall–Kier alpha value is -1.41. The smallest absolute Gasteiger partial charge is 0.124 e. The van der Waals surface area contributed by atoms with E-state index in [1.165, 1.54) is 12.1 Å². The Balaban J connectivity index is 2.15. The van der Waals surface area contributed by atoms with Crippen LogP contribution in [0.4, 0.5) is 4.39 Å². The van der Waals surface area contributed by atoms with Gasteiger partial charge < -0.3 is 9.84 Å². The molecular formula is C17H22FNO2. The summed E-state index contributed by atoms with van der Waals surface area (Å²) in [6, 6.07) is 4.66. The average Bonchev–Trinajstić information content (AvgIpc) is 2.47. The molecule has 4 heteroatoms. The van der Waals surface area contributed by atoms with Crippen molar-refractivity contribution in [3.63, 3.8) is 0 Å². The summed E-state index contributed by atoms with van der Waals surface area (Å²) in [6.07, 6.45) is 2.14. The third kappa shape index (κ3) is 4.28. The molecule has 1 aliphatic rings. The number of hydrogen-bond donors (Lipinski definition) is 1. The van der Waals surface area contributed by atoms with Gasteiger partial charge in [-0.25, -0.2) is 4.39 Å². The molecule has 3 nitrogen and oxygen atoms in total. The van der Waals surface area contributed by atoms with E-state index >= 15 is 0 Å². The molecule has 0 saturated carbocycles. The second kappa shape index (κ2) is 7.04. The molecule has 2 rings (SSSR count). The van der Waals surface area contributed by atoms with Crippen LogP contribution in [0.5, 0.6) is 0 Å². The Morgan fingerprint density at radius 1 is 1.48 bits per heavy atom. The highest BCUT2D eigenvalue weighted by atomic mass is 19.1. The molecule has 0 bridgehead atoms. The molecule has 0 aromatic heterocycles. The monoisotopic (exact) mass is 291 g/mol. The van der Waals surface area contributed by atoms with E-state index in [0.717, 1.165) is 31.5 Å². The summed E-state index contributed by atoms with van der Waals surface area (Å²) in [5.41, 5.74) is 1.52. The van der Waals surface area contributed by atoms with Crippen molar-refractivity contribution in [2.75, 3.05) is 26.8 Å². The molecule has 0 aliphatic carbocycles. The third-order valence-corrected chi connectivity index (χ3v) is 4.00. The highest BCUT2D eigenvalue weighted by Gasteiger charge is 2.30. The van der Waals surface area contributed by atoms with Gasteiger partial charge in [0.2, 0.25) is 0 Å². The fraction of sp³-hybridized carbons (Fsp3) is 0.529. The molecule has 1 heterocycles. The zero-order chi connectivity index (χ0) is 15.3. The second-order valence-corrected chi connectivity index (χ2v) is 5.73. The van der Waals surface area contributed by atoms with E-state index in [9.17, 15) is 4.39 Å². The third-order valence-electron chi connectivity index (χ3n) is 4.00. The number of halogens is 1. The number of hydrogen-bond acceptors (Lipinski definition) is 3. The largest absolute Gasteiger partial charge is 0.384 e. The maximum Gasteiger partial charge on any atom is 0.124 e. The quantitative estimate of drug-likeness (QED) is 0.866. The SMILES string of the molecule is COC1(C)CCCN(Cc2ccc(F)cc2C#CCO)C1. The number of likely N-dealkylation sites (tertiary alicyclic amines) is 1. The fourth-order valence-corrected chi connectivity index (χ4v) is 2.79. The van der Waals surface area contributed by atoms with Crippen molar-refractivity contribution < 1.29 is 14.2 Å². The van der Waals surface area contributed by atoms with Gasteiger partial charge in [-0.2, -0.15) is 0 Å². The number of aliphatic hydroxyl groups excluding tert-OH is 1. The van der Waals surface area contributed by atoms with Crippen LogP contribution in [0.25, 0.3) is 0 Å². The minimum Gasteiger partial charge on any atom is -0.384 e.